The normalized spacial score (nSPS) is 9.79. The second-order valence-corrected chi connectivity index (χ2v) is 3.82. The summed E-state index contributed by atoms with van der Waals surface area (Å²) in [6, 6.07) is 4.24. The number of nitrogens with zero attached hydrogens (tertiary/aromatic N) is 1. The molecule has 0 spiro atoms. The molecule has 0 radical (unpaired) electrons. The highest BCUT2D eigenvalue weighted by atomic mass is 16.6. The summed E-state index contributed by atoms with van der Waals surface area (Å²) in [6.07, 6.45) is 0. The Balaban J connectivity index is 2.66. The molecule has 0 amide bonds. The van der Waals surface area contributed by atoms with Gasteiger partial charge in [0.05, 0.1) is 17.1 Å². The number of aryl methyl sites for hydroxylation is 1. The maximum absolute atomic E-state index is 11.3. The lowest BCUT2D eigenvalue weighted by molar-refractivity contribution is -0.384. The number of hydrogen-bond donors (Lipinski definition) is 0. The zero-order chi connectivity index (χ0) is 14.4. The van der Waals surface area contributed by atoms with Crippen LogP contribution in [0.3, 0.4) is 0 Å². The average Bonchev–Trinajstić information content (AvgIpc) is 2.36. The third-order valence-corrected chi connectivity index (χ3v) is 2.34. The minimum Gasteiger partial charge on any atom is -0.488 e. The van der Waals surface area contributed by atoms with Crippen molar-refractivity contribution in [3.63, 3.8) is 0 Å². The summed E-state index contributed by atoms with van der Waals surface area (Å²) in [5.41, 5.74) is 0.805. The maximum atomic E-state index is 11.3. The topological polar surface area (TPSA) is 78.7 Å². The summed E-state index contributed by atoms with van der Waals surface area (Å²) in [5, 5.41) is 10.6. The highest BCUT2D eigenvalue weighted by molar-refractivity contribution is 5.88. The molecule has 1 aromatic carbocycles. The highest BCUT2D eigenvalue weighted by Crippen LogP contribution is 2.23. The van der Waals surface area contributed by atoms with Gasteiger partial charge in [0, 0.05) is 12.1 Å². The molecule has 0 saturated heterocycles. The van der Waals surface area contributed by atoms with Gasteiger partial charge in [-0.15, -0.1) is 0 Å². The number of hydrogen-bond acceptors (Lipinski definition) is 5. The number of carbonyl (C=O) groups is 1. The third kappa shape index (κ3) is 4.09. The van der Waals surface area contributed by atoms with Crippen molar-refractivity contribution in [2.45, 2.75) is 13.8 Å². The zero-order valence-corrected chi connectivity index (χ0v) is 10.8. The van der Waals surface area contributed by atoms with Gasteiger partial charge in [0.15, 0.2) is 0 Å². The average molecular weight is 265 g/mol. The van der Waals surface area contributed by atoms with Crippen molar-refractivity contribution >= 4 is 11.7 Å². The van der Waals surface area contributed by atoms with Gasteiger partial charge in [-0.3, -0.25) is 10.1 Å². The van der Waals surface area contributed by atoms with Gasteiger partial charge in [0.1, 0.15) is 12.4 Å². The van der Waals surface area contributed by atoms with Gasteiger partial charge in [-0.05, 0) is 25.5 Å². The van der Waals surface area contributed by atoms with Gasteiger partial charge in [-0.2, -0.15) is 0 Å². The number of non-ortho nitro benzene ring substituents is 1. The molecule has 1 rings (SSSR count). The molecule has 6 nitrogen and oxygen atoms in total. The van der Waals surface area contributed by atoms with Crippen LogP contribution in [0.4, 0.5) is 5.69 Å². The molecule has 19 heavy (non-hydrogen) atoms. The molecular formula is C13H15NO5. The SMILES string of the molecule is C=C(COc1ccc([N+](=O)[O-])cc1C)C(=O)OCC. The smallest absolute Gasteiger partial charge is 0.336 e. The molecule has 0 aliphatic carbocycles. The van der Waals surface area contributed by atoms with Gasteiger partial charge >= 0.3 is 5.97 Å². The molecule has 0 aromatic heterocycles. The van der Waals surface area contributed by atoms with E-state index in [-0.39, 0.29) is 24.5 Å². The number of benzene rings is 1. The van der Waals surface area contributed by atoms with E-state index in [0.717, 1.165) is 0 Å². The molecule has 102 valence electrons. The van der Waals surface area contributed by atoms with Gasteiger partial charge < -0.3 is 9.47 Å². The van der Waals surface area contributed by atoms with Crippen molar-refractivity contribution < 1.29 is 19.2 Å². The molecule has 6 heteroatoms. The van der Waals surface area contributed by atoms with Crippen LogP contribution < -0.4 is 4.74 Å². The lowest BCUT2D eigenvalue weighted by atomic mass is 10.2. The molecule has 1 aromatic rings. The second kappa shape index (κ2) is 6.53. The van der Waals surface area contributed by atoms with Gasteiger partial charge in [0.2, 0.25) is 0 Å². The van der Waals surface area contributed by atoms with Crippen LogP contribution in [0.5, 0.6) is 5.75 Å². The second-order valence-electron chi connectivity index (χ2n) is 3.82. The van der Waals surface area contributed by atoms with E-state index in [9.17, 15) is 14.9 Å². The molecular weight excluding hydrogens is 250 g/mol. The first-order chi connectivity index (χ1) is 8.95. The van der Waals surface area contributed by atoms with Gasteiger partial charge in [-0.1, -0.05) is 6.58 Å². The fraction of sp³-hybridized carbons (Fsp3) is 0.308. The predicted octanol–water partition coefficient (Wildman–Crippen LogP) is 2.40. The summed E-state index contributed by atoms with van der Waals surface area (Å²) in [5.74, 6) is -0.0434. The molecule has 0 N–H and O–H groups in total. The Kier molecular flexibility index (Phi) is 5.05. The minimum absolute atomic E-state index is 0.00549. The van der Waals surface area contributed by atoms with E-state index < -0.39 is 10.9 Å². The van der Waals surface area contributed by atoms with Crippen LogP contribution in [0, 0.1) is 17.0 Å². The fourth-order valence-electron chi connectivity index (χ4n) is 1.37. The Hall–Kier alpha value is -2.37. The van der Waals surface area contributed by atoms with E-state index in [4.69, 9.17) is 9.47 Å². The standard InChI is InChI=1S/C13H15NO5/c1-4-18-13(15)10(3)8-19-12-6-5-11(14(16)17)7-9(12)2/h5-7H,3-4,8H2,1-2H3. The fourth-order valence-corrected chi connectivity index (χ4v) is 1.37. The van der Waals surface area contributed by atoms with Crippen LogP contribution >= 0.6 is 0 Å². The zero-order valence-electron chi connectivity index (χ0n) is 10.8. The number of esters is 1. The molecule has 0 aliphatic rings. The molecule has 0 fully saturated rings. The van der Waals surface area contributed by atoms with Gasteiger partial charge in [0.25, 0.3) is 5.69 Å². The van der Waals surface area contributed by atoms with Crippen LogP contribution in [0.1, 0.15) is 12.5 Å². The predicted molar refractivity (Wildman–Crippen MR) is 69.1 cm³/mol. The Morgan fingerprint density at radius 2 is 2.16 bits per heavy atom. The van der Waals surface area contributed by atoms with Crippen LogP contribution in [0.25, 0.3) is 0 Å². The quantitative estimate of drug-likeness (QED) is 0.341. The Labute approximate surface area is 110 Å². The van der Waals surface area contributed by atoms with Crippen molar-refractivity contribution in [3.8, 4) is 5.75 Å². The van der Waals surface area contributed by atoms with Crippen molar-refractivity contribution in [2.75, 3.05) is 13.2 Å². The van der Waals surface area contributed by atoms with E-state index in [2.05, 4.69) is 6.58 Å². The Bertz CT molecular complexity index is 510. The molecule has 0 saturated carbocycles. The third-order valence-electron chi connectivity index (χ3n) is 2.34. The van der Waals surface area contributed by atoms with E-state index >= 15 is 0 Å². The van der Waals surface area contributed by atoms with Gasteiger partial charge in [-0.25, -0.2) is 4.79 Å². The van der Waals surface area contributed by atoms with E-state index in [0.29, 0.717) is 11.3 Å². The number of ether oxygens (including phenoxy) is 2. The maximum Gasteiger partial charge on any atom is 0.336 e. The molecule has 0 unspecified atom stereocenters. The lowest BCUT2D eigenvalue weighted by Gasteiger charge is -2.10. The van der Waals surface area contributed by atoms with Crippen LogP contribution in [-0.4, -0.2) is 24.1 Å². The van der Waals surface area contributed by atoms with Crippen molar-refractivity contribution in [3.05, 3.63) is 46.0 Å². The lowest BCUT2D eigenvalue weighted by Crippen LogP contribution is -2.13. The first-order valence-corrected chi connectivity index (χ1v) is 5.68. The summed E-state index contributed by atoms with van der Waals surface area (Å²) < 4.78 is 10.1. The van der Waals surface area contributed by atoms with Crippen molar-refractivity contribution in [1.29, 1.82) is 0 Å². The summed E-state index contributed by atoms with van der Waals surface area (Å²) in [6.45, 7) is 7.20. The van der Waals surface area contributed by atoms with E-state index in [1.165, 1.54) is 18.2 Å². The van der Waals surface area contributed by atoms with Crippen LogP contribution in [0.2, 0.25) is 0 Å². The Morgan fingerprint density at radius 3 is 2.68 bits per heavy atom. The summed E-state index contributed by atoms with van der Waals surface area (Å²) >= 11 is 0. The monoisotopic (exact) mass is 265 g/mol. The van der Waals surface area contributed by atoms with Crippen LogP contribution in [-0.2, 0) is 9.53 Å². The molecule has 0 atom stereocenters. The summed E-state index contributed by atoms with van der Waals surface area (Å²) in [4.78, 5) is 21.4. The molecule has 0 aliphatic heterocycles. The van der Waals surface area contributed by atoms with Crippen molar-refractivity contribution in [1.82, 2.24) is 0 Å². The molecule has 0 heterocycles. The van der Waals surface area contributed by atoms with Crippen molar-refractivity contribution in [2.24, 2.45) is 0 Å². The summed E-state index contributed by atoms with van der Waals surface area (Å²) in [7, 11) is 0. The number of rotatable bonds is 6. The number of nitro groups is 1. The van der Waals surface area contributed by atoms with E-state index in [1.54, 1.807) is 13.8 Å². The number of nitro benzene ring substituents is 1. The van der Waals surface area contributed by atoms with E-state index in [1.807, 2.05) is 0 Å². The number of carbonyl (C=O) groups excluding carboxylic acids is 1. The Morgan fingerprint density at radius 1 is 1.47 bits per heavy atom. The van der Waals surface area contributed by atoms with Crippen LogP contribution in [0.15, 0.2) is 30.4 Å². The first-order valence-electron chi connectivity index (χ1n) is 5.68. The molecule has 0 bridgehead atoms. The largest absolute Gasteiger partial charge is 0.488 e. The highest BCUT2D eigenvalue weighted by Gasteiger charge is 2.11. The minimum atomic E-state index is -0.512. The first kappa shape index (κ1) is 14.7.